The lowest BCUT2D eigenvalue weighted by molar-refractivity contribution is 0.102. The second kappa shape index (κ2) is 5.55. The molecule has 0 aliphatic rings. The molecule has 112 valence electrons. The quantitative estimate of drug-likeness (QED) is 0.900. The molecule has 21 heavy (non-hydrogen) atoms. The molecule has 0 radical (unpaired) electrons. The molecular formula is C13H15N3O3S2. The Morgan fingerprint density at radius 3 is 2.48 bits per heavy atom. The molecule has 8 heteroatoms. The molecule has 2 aromatic rings. The lowest BCUT2D eigenvalue weighted by Crippen LogP contribution is -2.16. The molecule has 2 rings (SSSR count). The first-order valence-electron chi connectivity index (χ1n) is 6.06. The van der Waals surface area contributed by atoms with Crippen molar-refractivity contribution in [1.82, 2.24) is 4.98 Å². The lowest BCUT2D eigenvalue weighted by atomic mass is 10.1. The van der Waals surface area contributed by atoms with Crippen molar-refractivity contribution in [2.75, 3.05) is 5.32 Å². The monoisotopic (exact) mass is 325 g/mol. The topological polar surface area (TPSA) is 102 Å². The molecule has 0 atom stereocenters. The van der Waals surface area contributed by atoms with E-state index in [0.29, 0.717) is 11.4 Å². The van der Waals surface area contributed by atoms with Gasteiger partial charge in [-0.15, -0.1) is 11.3 Å². The van der Waals surface area contributed by atoms with Crippen LogP contribution >= 0.6 is 11.3 Å². The predicted octanol–water partition coefficient (Wildman–Crippen LogP) is 1.97. The molecule has 6 nitrogen and oxygen atoms in total. The first-order valence-corrected chi connectivity index (χ1v) is 8.48. The van der Waals surface area contributed by atoms with Crippen molar-refractivity contribution in [1.29, 1.82) is 0 Å². The van der Waals surface area contributed by atoms with Gasteiger partial charge >= 0.3 is 0 Å². The van der Waals surface area contributed by atoms with Crippen LogP contribution in [0.15, 0.2) is 22.4 Å². The number of nitrogens with zero attached hydrogens (tertiary/aromatic N) is 1. The van der Waals surface area contributed by atoms with Crippen molar-refractivity contribution >= 4 is 33.0 Å². The zero-order chi connectivity index (χ0) is 15.8. The highest BCUT2D eigenvalue weighted by Crippen LogP contribution is 2.24. The number of sulfonamides is 1. The van der Waals surface area contributed by atoms with Gasteiger partial charge in [-0.3, -0.25) is 4.79 Å². The molecule has 0 saturated carbocycles. The summed E-state index contributed by atoms with van der Waals surface area (Å²) in [5, 5.41) is 10.2. The lowest BCUT2D eigenvalue weighted by Gasteiger charge is -2.12. The molecule has 0 aliphatic carbocycles. The number of thiazole rings is 1. The Kier molecular flexibility index (Phi) is 4.13. The van der Waals surface area contributed by atoms with Crippen molar-refractivity contribution in [2.45, 2.75) is 25.7 Å². The van der Waals surface area contributed by atoms with Gasteiger partial charge in [0, 0.05) is 11.1 Å². The van der Waals surface area contributed by atoms with Crippen LogP contribution in [0.1, 0.15) is 26.6 Å². The van der Waals surface area contributed by atoms with Crippen LogP contribution < -0.4 is 10.5 Å². The number of amides is 1. The maximum Gasteiger partial charge on any atom is 0.275 e. The number of carbonyl (C=O) groups is 1. The smallest absolute Gasteiger partial charge is 0.275 e. The summed E-state index contributed by atoms with van der Waals surface area (Å²) in [6, 6.07) is 2.84. The second-order valence-corrected chi connectivity index (χ2v) is 7.29. The number of rotatable bonds is 3. The van der Waals surface area contributed by atoms with Gasteiger partial charge in [0.1, 0.15) is 5.69 Å². The van der Waals surface area contributed by atoms with Gasteiger partial charge in [0.05, 0.1) is 9.90 Å². The van der Waals surface area contributed by atoms with E-state index in [9.17, 15) is 13.2 Å². The van der Waals surface area contributed by atoms with Crippen LogP contribution in [0.2, 0.25) is 0 Å². The second-order valence-electron chi connectivity index (χ2n) is 4.66. The molecule has 0 bridgehead atoms. The third-order valence-corrected chi connectivity index (χ3v) is 4.74. The normalized spacial score (nSPS) is 11.4. The summed E-state index contributed by atoms with van der Waals surface area (Å²) in [5.41, 5.74) is 2.22. The summed E-state index contributed by atoms with van der Waals surface area (Å²) in [6.45, 7) is 5.36. The minimum absolute atomic E-state index is 0.0321. The Balaban J connectivity index is 2.40. The average molecular weight is 325 g/mol. The Labute approximate surface area is 127 Å². The number of aromatic nitrogens is 1. The van der Waals surface area contributed by atoms with Crippen molar-refractivity contribution in [2.24, 2.45) is 5.14 Å². The number of nitrogens with one attached hydrogen (secondary N) is 1. The van der Waals surface area contributed by atoms with Crippen LogP contribution in [0, 0.1) is 20.8 Å². The molecule has 0 unspecified atom stereocenters. The fraction of sp³-hybridized carbons (Fsp3) is 0.231. The SMILES string of the molecule is Cc1nc(C(=O)Nc2cc(S(N)(=O)=O)cc(C)c2C)cs1. The number of anilines is 1. The number of carbonyl (C=O) groups excluding carboxylic acids is 1. The highest BCUT2D eigenvalue weighted by molar-refractivity contribution is 7.89. The van der Waals surface area contributed by atoms with Crippen molar-refractivity contribution < 1.29 is 13.2 Å². The molecule has 0 fully saturated rings. The molecule has 3 N–H and O–H groups in total. The summed E-state index contributed by atoms with van der Waals surface area (Å²) in [6.07, 6.45) is 0. The van der Waals surface area contributed by atoms with Gasteiger partial charge < -0.3 is 5.32 Å². The molecular weight excluding hydrogens is 310 g/mol. The molecule has 1 heterocycles. The summed E-state index contributed by atoms with van der Waals surface area (Å²) < 4.78 is 22.9. The molecule has 0 spiro atoms. The van der Waals surface area contributed by atoms with E-state index in [1.165, 1.54) is 23.5 Å². The van der Waals surface area contributed by atoms with Crippen LogP contribution in [-0.2, 0) is 10.0 Å². The summed E-state index contributed by atoms with van der Waals surface area (Å²) in [7, 11) is -3.83. The van der Waals surface area contributed by atoms with E-state index in [-0.39, 0.29) is 10.8 Å². The van der Waals surface area contributed by atoms with E-state index in [2.05, 4.69) is 10.3 Å². The fourth-order valence-corrected chi connectivity index (χ4v) is 2.99. The number of primary sulfonamides is 1. The molecule has 0 aliphatic heterocycles. The van der Waals surface area contributed by atoms with Crippen LogP contribution in [0.4, 0.5) is 5.69 Å². The van der Waals surface area contributed by atoms with Gasteiger partial charge in [0.25, 0.3) is 5.91 Å². The molecule has 1 aromatic carbocycles. The Bertz CT molecular complexity index is 810. The van der Waals surface area contributed by atoms with E-state index < -0.39 is 10.0 Å². The van der Waals surface area contributed by atoms with Crippen LogP contribution in [-0.4, -0.2) is 19.3 Å². The minimum Gasteiger partial charge on any atom is -0.320 e. The Morgan fingerprint density at radius 1 is 1.29 bits per heavy atom. The van der Waals surface area contributed by atoms with E-state index in [1.807, 2.05) is 0 Å². The van der Waals surface area contributed by atoms with Crippen LogP contribution in [0.25, 0.3) is 0 Å². The first kappa shape index (κ1) is 15.6. The standard InChI is InChI=1S/C13H15N3O3S2/c1-7-4-10(21(14,18)19)5-11(8(7)2)16-13(17)12-6-20-9(3)15-12/h4-6H,1-3H3,(H,16,17)(H2,14,18,19). The van der Waals surface area contributed by atoms with Gasteiger partial charge in [-0.1, -0.05) is 0 Å². The third kappa shape index (κ3) is 3.46. The predicted molar refractivity (Wildman–Crippen MR) is 82.1 cm³/mol. The van der Waals surface area contributed by atoms with E-state index >= 15 is 0 Å². The number of hydrogen-bond donors (Lipinski definition) is 2. The van der Waals surface area contributed by atoms with Gasteiger partial charge in [-0.05, 0) is 44.0 Å². The number of hydrogen-bond acceptors (Lipinski definition) is 5. The minimum atomic E-state index is -3.83. The van der Waals surface area contributed by atoms with Crippen molar-refractivity contribution in [3.8, 4) is 0 Å². The number of benzene rings is 1. The summed E-state index contributed by atoms with van der Waals surface area (Å²) >= 11 is 1.37. The number of aryl methyl sites for hydroxylation is 2. The van der Waals surface area contributed by atoms with Crippen LogP contribution in [0.5, 0.6) is 0 Å². The molecule has 1 aromatic heterocycles. The van der Waals surface area contributed by atoms with Gasteiger partial charge in [-0.25, -0.2) is 18.5 Å². The average Bonchev–Trinajstić information content (AvgIpc) is 2.80. The highest BCUT2D eigenvalue weighted by Gasteiger charge is 2.16. The summed E-state index contributed by atoms with van der Waals surface area (Å²) in [5.74, 6) is -0.381. The van der Waals surface area contributed by atoms with E-state index in [0.717, 1.165) is 16.1 Å². The Morgan fingerprint density at radius 2 is 1.95 bits per heavy atom. The third-order valence-electron chi connectivity index (χ3n) is 3.07. The first-order chi connectivity index (χ1) is 9.68. The maximum atomic E-state index is 12.1. The maximum absolute atomic E-state index is 12.1. The number of nitrogens with two attached hydrogens (primary N) is 1. The Hall–Kier alpha value is -1.77. The summed E-state index contributed by atoms with van der Waals surface area (Å²) in [4.78, 5) is 16.2. The van der Waals surface area contributed by atoms with E-state index in [4.69, 9.17) is 5.14 Å². The van der Waals surface area contributed by atoms with Gasteiger partial charge in [0.2, 0.25) is 10.0 Å². The molecule has 0 saturated heterocycles. The van der Waals surface area contributed by atoms with Crippen LogP contribution in [0.3, 0.4) is 0 Å². The van der Waals surface area contributed by atoms with Crippen molar-refractivity contribution in [3.05, 3.63) is 39.3 Å². The van der Waals surface area contributed by atoms with Gasteiger partial charge in [0.15, 0.2) is 0 Å². The zero-order valence-electron chi connectivity index (χ0n) is 11.8. The highest BCUT2D eigenvalue weighted by atomic mass is 32.2. The van der Waals surface area contributed by atoms with Crippen molar-refractivity contribution in [3.63, 3.8) is 0 Å². The van der Waals surface area contributed by atoms with E-state index in [1.54, 1.807) is 26.2 Å². The van der Waals surface area contributed by atoms with Gasteiger partial charge in [-0.2, -0.15) is 0 Å². The zero-order valence-corrected chi connectivity index (χ0v) is 13.4. The fourth-order valence-electron chi connectivity index (χ4n) is 1.77. The molecule has 1 amide bonds. The largest absolute Gasteiger partial charge is 0.320 e.